The first kappa shape index (κ1) is 16.5. The maximum absolute atomic E-state index is 10.8. The molecule has 2 nitrogen and oxygen atoms in total. The van der Waals surface area contributed by atoms with Crippen LogP contribution in [0.1, 0.15) is 65.2 Å². The Morgan fingerprint density at radius 3 is 2.21 bits per heavy atom. The number of aliphatic hydroxyl groups is 2. The van der Waals surface area contributed by atoms with Gasteiger partial charge in [-0.2, -0.15) is 0 Å². The van der Waals surface area contributed by atoms with Crippen molar-refractivity contribution in [2.75, 3.05) is 0 Å². The molecule has 4 fully saturated rings. The summed E-state index contributed by atoms with van der Waals surface area (Å²) in [5.41, 5.74) is -1.51. The average Bonchev–Trinajstić information content (AvgIpc) is 2.97. The van der Waals surface area contributed by atoms with E-state index in [2.05, 4.69) is 25.7 Å². The molecule has 8 atom stereocenters. The van der Waals surface area contributed by atoms with Gasteiger partial charge in [0.1, 0.15) is 11.2 Å². The van der Waals surface area contributed by atoms with E-state index in [-0.39, 0.29) is 10.8 Å². The molecule has 0 aliphatic heterocycles. The van der Waals surface area contributed by atoms with Gasteiger partial charge < -0.3 is 10.2 Å². The summed E-state index contributed by atoms with van der Waals surface area (Å²) in [4.78, 5) is 0. The number of fused-ring (bicyclic) bond motifs is 5. The predicted molar refractivity (Wildman–Crippen MR) is 94.7 cm³/mol. The molecule has 0 bridgehead atoms. The second kappa shape index (κ2) is 4.81. The summed E-state index contributed by atoms with van der Waals surface area (Å²) in [6.45, 7) is 4.71. The van der Waals surface area contributed by atoms with E-state index in [0.717, 1.165) is 38.5 Å². The van der Waals surface area contributed by atoms with Gasteiger partial charge in [0.15, 0.2) is 0 Å². The predicted octanol–water partition coefficient (Wildman–Crippen LogP) is 3.37. The lowest BCUT2D eigenvalue weighted by molar-refractivity contribution is -0.0767. The summed E-state index contributed by atoms with van der Waals surface area (Å²) in [5, 5.41) is 21.5. The Labute approximate surface area is 146 Å². The highest BCUT2D eigenvalue weighted by atomic mass is 16.3. The maximum atomic E-state index is 10.8. The molecule has 6 unspecified atom stereocenters. The molecule has 0 radical (unpaired) electrons. The van der Waals surface area contributed by atoms with E-state index in [0.29, 0.717) is 23.7 Å². The van der Waals surface area contributed by atoms with Crippen molar-refractivity contribution >= 4 is 0 Å². The number of hydrogen-bond acceptors (Lipinski definition) is 2. The number of terminal acetylenes is 2. The van der Waals surface area contributed by atoms with Crippen molar-refractivity contribution in [3.8, 4) is 24.7 Å². The smallest absolute Gasteiger partial charge is 0.126 e. The molecule has 0 heterocycles. The van der Waals surface area contributed by atoms with E-state index in [1.165, 1.54) is 12.8 Å². The largest absolute Gasteiger partial charge is 0.378 e. The first-order valence-electron chi connectivity index (χ1n) is 9.57. The molecule has 24 heavy (non-hydrogen) atoms. The molecule has 0 spiro atoms. The third-order valence-corrected chi connectivity index (χ3v) is 8.63. The van der Waals surface area contributed by atoms with Gasteiger partial charge in [0.2, 0.25) is 0 Å². The zero-order valence-electron chi connectivity index (χ0n) is 15.0. The first-order chi connectivity index (χ1) is 11.2. The number of rotatable bonds is 0. The monoisotopic (exact) mass is 326 g/mol. The minimum Gasteiger partial charge on any atom is -0.378 e. The van der Waals surface area contributed by atoms with Crippen LogP contribution in [0.4, 0.5) is 0 Å². The normalized spacial score (nSPS) is 58.9. The topological polar surface area (TPSA) is 40.5 Å². The zero-order chi connectivity index (χ0) is 17.4. The maximum Gasteiger partial charge on any atom is 0.126 e. The Morgan fingerprint density at radius 2 is 1.54 bits per heavy atom. The molecular weight excluding hydrogens is 296 g/mol. The number of hydrogen-bond donors (Lipinski definition) is 2. The van der Waals surface area contributed by atoms with Gasteiger partial charge in [-0.1, -0.05) is 25.7 Å². The van der Waals surface area contributed by atoms with Crippen molar-refractivity contribution in [1.82, 2.24) is 0 Å². The van der Waals surface area contributed by atoms with Gasteiger partial charge in [-0.05, 0) is 85.9 Å². The molecule has 4 aliphatic rings. The fourth-order valence-corrected chi connectivity index (χ4v) is 7.59. The highest BCUT2D eigenvalue weighted by Gasteiger charge is 2.64. The lowest BCUT2D eigenvalue weighted by atomic mass is 9.48. The van der Waals surface area contributed by atoms with Crippen molar-refractivity contribution in [1.29, 1.82) is 0 Å². The van der Waals surface area contributed by atoms with E-state index in [1.807, 2.05) is 0 Å². The van der Waals surface area contributed by atoms with Crippen LogP contribution < -0.4 is 0 Å². The summed E-state index contributed by atoms with van der Waals surface area (Å²) >= 11 is 0. The second-order valence-corrected chi connectivity index (χ2v) is 9.96. The van der Waals surface area contributed by atoms with Crippen LogP contribution in [0, 0.1) is 59.2 Å². The Balaban J connectivity index is 1.66. The van der Waals surface area contributed by atoms with Crippen molar-refractivity contribution in [3.05, 3.63) is 0 Å². The molecule has 0 aromatic rings. The van der Waals surface area contributed by atoms with Gasteiger partial charge in [0.05, 0.1) is 0 Å². The molecule has 2 N–H and O–H groups in total. The average molecular weight is 326 g/mol. The summed E-state index contributed by atoms with van der Waals surface area (Å²) in [7, 11) is 0. The molecule has 130 valence electrons. The highest BCUT2D eigenvalue weighted by molar-refractivity contribution is 5.22. The van der Waals surface area contributed by atoms with Crippen LogP contribution >= 0.6 is 0 Å². The molecule has 0 saturated heterocycles. The Hall–Kier alpha value is -0.960. The van der Waals surface area contributed by atoms with Crippen LogP contribution in [0.3, 0.4) is 0 Å². The van der Waals surface area contributed by atoms with Crippen LogP contribution in [-0.4, -0.2) is 21.4 Å². The van der Waals surface area contributed by atoms with E-state index in [4.69, 9.17) is 12.8 Å². The lowest BCUT2D eigenvalue weighted by Crippen LogP contribution is -2.49. The summed E-state index contributed by atoms with van der Waals surface area (Å²) in [6.07, 6.45) is 19.0. The molecule has 0 amide bonds. The quantitative estimate of drug-likeness (QED) is 0.670. The van der Waals surface area contributed by atoms with Crippen LogP contribution in [0.15, 0.2) is 0 Å². The minimum atomic E-state index is -0.915. The van der Waals surface area contributed by atoms with Crippen LogP contribution in [0.5, 0.6) is 0 Å². The lowest BCUT2D eigenvalue weighted by Gasteiger charge is -2.56. The van der Waals surface area contributed by atoms with Crippen LogP contribution in [-0.2, 0) is 0 Å². The van der Waals surface area contributed by atoms with Crippen LogP contribution in [0.2, 0.25) is 0 Å². The van der Waals surface area contributed by atoms with Gasteiger partial charge in [0, 0.05) is 0 Å². The van der Waals surface area contributed by atoms with Gasteiger partial charge in [-0.15, -0.1) is 12.8 Å². The van der Waals surface area contributed by atoms with Gasteiger partial charge in [0.25, 0.3) is 0 Å². The minimum absolute atomic E-state index is 0.141. The van der Waals surface area contributed by atoms with Crippen molar-refractivity contribution in [2.45, 2.75) is 76.4 Å². The second-order valence-electron chi connectivity index (χ2n) is 9.96. The van der Waals surface area contributed by atoms with E-state index >= 15 is 0 Å². The van der Waals surface area contributed by atoms with Crippen molar-refractivity contribution in [3.63, 3.8) is 0 Å². The third kappa shape index (κ3) is 2.06. The van der Waals surface area contributed by atoms with E-state index in [9.17, 15) is 10.2 Å². The Bertz CT molecular complexity index is 641. The fraction of sp³-hybridized carbons (Fsp3) is 0.818. The highest BCUT2D eigenvalue weighted by Crippen LogP contribution is 2.69. The molecule has 0 aromatic carbocycles. The molecule has 2 heteroatoms. The Morgan fingerprint density at radius 1 is 0.875 bits per heavy atom. The van der Waals surface area contributed by atoms with Gasteiger partial charge >= 0.3 is 0 Å². The zero-order valence-corrected chi connectivity index (χ0v) is 15.0. The standard InChI is InChI=1S/C22H30O2/c1-5-21(23)11-15-7-8-16-17(20(15,4)14-21)9-10-19(3)13-22(24,6-2)12-18(16)19/h1-2,15-18,23-24H,7-14H2,3-4H3/t15?,16?,17?,18?,19?,20?,21-,22+/m0/s1. The van der Waals surface area contributed by atoms with Crippen molar-refractivity contribution < 1.29 is 10.2 Å². The fourth-order valence-electron chi connectivity index (χ4n) is 7.59. The summed E-state index contributed by atoms with van der Waals surface area (Å²) in [6, 6.07) is 0. The SMILES string of the molecule is C#C[C@@]1(O)CC2C3CCC4C[C@@](O)(C#C)CC4(C)C3CCC2(C)C1. The summed E-state index contributed by atoms with van der Waals surface area (Å²) < 4.78 is 0. The molecule has 4 saturated carbocycles. The van der Waals surface area contributed by atoms with Gasteiger partial charge in [-0.3, -0.25) is 0 Å². The van der Waals surface area contributed by atoms with Crippen molar-refractivity contribution in [2.24, 2.45) is 34.5 Å². The van der Waals surface area contributed by atoms with Crippen LogP contribution in [0.25, 0.3) is 0 Å². The van der Waals surface area contributed by atoms with Gasteiger partial charge in [-0.25, -0.2) is 0 Å². The van der Waals surface area contributed by atoms with E-state index < -0.39 is 11.2 Å². The first-order valence-corrected chi connectivity index (χ1v) is 9.57. The molecule has 0 aromatic heterocycles. The van der Waals surface area contributed by atoms with E-state index in [1.54, 1.807) is 0 Å². The Kier molecular flexibility index (Phi) is 3.31. The molecule has 4 aliphatic carbocycles. The summed E-state index contributed by atoms with van der Waals surface area (Å²) in [5.74, 6) is 7.64. The third-order valence-electron chi connectivity index (χ3n) is 8.63. The molecular formula is C22H30O2. The molecule has 4 rings (SSSR count).